The number of nitrogens with zero attached hydrogens (tertiary/aromatic N) is 4. The monoisotopic (exact) mass is 429 g/mol. The fourth-order valence-corrected chi connectivity index (χ4v) is 4.55. The van der Waals surface area contributed by atoms with Crippen LogP contribution in [0.4, 0.5) is 5.69 Å². The Morgan fingerprint density at radius 2 is 2.13 bits per heavy atom. The van der Waals surface area contributed by atoms with Gasteiger partial charge in [0.1, 0.15) is 11.6 Å². The Morgan fingerprint density at radius 1 is 1.32 bits per heavy atom. The van der Waals surface area contributed by atoms with E-state index in [2.05, 4.69) is 26.2 Å². The molecule has 1 aromatic heterocycles. The number of hydrogen-bond donors (Lipinski definition) is 4. The van der Waals surface area contributed by atoms with E-state index in [0.29, 0.717) is 48.0 Å². The summed E-state index contributed by atoms with van der Waals surface area (Å²) in [5.41, 5.74) is 4.96. The Labute approximate surface area is 179 Å². The van der Waals surface area contributed by atoms with Gasteiger partial charge in [0.2, 0.25) is 18.2 Å². The van der Waals surface area contributed by atoms with Crippen molar-refractivity contribution in [3.63, 3.8) is 0 Å². The predicted octanol–water partition coefficient (Wildman–Crippen LogP) is 1.05. The van der Waals surface area contributed by atoms with E-state index < -0.39 is 12.0 Å². The number of carbonyl (C=O) groups is 3. The van der Waals surface area contributed by atoms with Crippen LogP contribution in [0.1, 0.15) is 38.5 Å². The van der Waals surface area contributed by atoms with Gasteiger partial charge >= 0.3 is 0 Å². The van der Waals surface area contributed by atoms with Gasteiger partial charge in [-0.1, -0.05) is 30.9 Å². The fourth-order valence-electron chi connectivity index (χ4n) is 4.55. The molecule has 2 heterocycles. The van der Waals surface area contributed by atoms with Gasteiger partial charge in [0.25, 0.3) is 0 Å². The Bertz CT molecular complexity index is 943. The molecule has 166 valence electrons. The maximum absolute atomic E-state index is 13.3. The summed E-state index contributed by atoms with van der Waals surface area (Å²) < 4.78 is 0. The average molecular weight is 429 g/mol. The summed E-state index contributed by atoms with van der Waals surface area (Å²) in [6.07, 6.45) is 5.69. The van der Waals surface area contributed by atoms with Gasteiger partial charge in [0, 0.05) is 12.2 Å². The van der Waals surface area contributed by atoms with Crippen LogP contribution in [0.25, 0.3) is 11.0 Å². The predicted molar refractivity (Wildman–Crippen MR) is 110 cm³/mol. The topological polar surface area (TPSA) is 144 Å². The molecule has 11 nitrogen and oxygen atoms in total. The Morgan fingerprint density at radius 3 is 2.90 bits per heavy atom. The van der Waals surface area contributed by atoms with Gasteiger partial charge in [0.05, 0.1) is 18.0 Å². The Kier molecular flexibility index (Phi) is 6.42. The number of aromatic nitrogens is 3. The highest BCUT2D eigenvalue weighted by Gasteiger charge is 2.39. The second-order valence-electron chi connectivity index (χ2n) is 8.26. The summed E-state index contributed by atoms with van der Waals surface area (Å²) in [6, 6.07) is 4.54. The Hall–Kier alpha value is -3.05. The third-order valence-electron chi connectivity index (χ3n) is 6.12. The molecule has 4 N–H and O–H groups in total. The van der Waals surface area contributed by atoms with Crippen LogP contribution in [-0.4, -0.2) is 68.0 Å². The zero-order valence-corrected chi connectivity index (χ0v) is 17.2. The maximum Gasteiger partial charge on any atom is 0.248 e. The first kappa shape index (κ1) is 21.2. The van der Waals surface area contributed by atoms with Crippen molar-refractivity contribution in [2.45, 2.75) is 44.6 Å². The van der Waals surface area contributed by atoms with Gasteiger partial charge in [-0.15, -0.1) is 5.10 Å². The van der Waals surface area contributed by atoms with E-state index in [1.54, 1.807) is 18.2 Å². The molecule has 1 saturated carbocycles. The van der Waals surface area contributed by atoms with Crippen molar-refractivity contribution < 1.29 is 19.6 Å². The van der Waals surface area contributed by atoms with Crippen molar-refractivity contribution >= 4 is 34.9 Å². The van der Waals surface area contributed by atoms with E-state index in [1.807, 2.05) is 0 Å². The van der Waals surface area contributed by atoms with Crippen LogP contribution in [0.2, 0.25) is 0 Å². The van der Waals surface area contributed by atoms with Crippen LogP contribution in [-0.2, 0) is 14.4 Å². The number of benzene rings is 1. The van der Waals surface area contributed by atoms with Gasteiger partial charge in [-0.2, -0.15) is 0 Å². The highest BCUT2D eigenvalue weighted by molar-refractivity contribution is 5.98. The lowest BCUT2D eigenvalue weighted by Gasteiger charge is -2.30. The first-order valence-electron chi connectivity index (χ1n) is 10.6. The van der Waals surface area contributed by atoms with E-state index in [-0.39, 0.29) is 18.4 Å². The molecule has 31 heavy (non-hydrogen) atoms. The molecular formula is C20H27N7O4. The quantitative estimate of drug-likeness (QED) is 0.279. The highest BCUT2D eigenvalue weighted by atomic mass is 16.5. The Balaban J connectivity index is 1.45. The summed E-state index contributed by atoms with van der Waals surface area (Å²) in [5, 5.41) is 24.9. The molecule has 2 fully saturated rings. The molecule has 0 radical (unpaired) electrons. The molecule has 0 unspecified atom stereocenters. The number of rotatable bonds is 8. The van der Waals surface area contributed by atoms with Crippen LogP contribution in [0.15, 0.2) is 18.2 Å². The van der Waals surface area contributed by atoms with E-state index in [4.69, 9.17) is 0 Å². The molecular weight excluding hydrogens is 402 g/mol. The summed E-state index contributed by atoms with van der Waals surface area (Å²) in [7, 11) is 0. The number of nitrogens with one attached hydrogen (secondary N) is 3. The largest absolute Gasteiger partial charge is 0.324 e. The van der Waals surface area contributed by atoms with Crippen LogP contribution in [0.3, 0.4) is 0 Å². The first-order chi connectivity index (χ1) is 15.0. The van der Waals surface area contributed by atoms with E-state index in [0.717, 1.165) is 31.2 Å². The van der Waals surface area contributed by atoms with Crippen molar-refractivity contribution in [2.24, 2.45) is 11.8 Å². The molecule has 0 spiro atoms. The normalized spacial score (nSPS) is 20.2. The minimum Gasteiger partial charge on any atom is -0.324 e. The van der Waals surface area contributed by atoms with E-state index in [1.165, 1.54) is 5.01 Å². The number of anilines is 1. The lowest BCUT2D eigenvalue weighted by atomic mass is 9.92. The van der Waals surface area contributed by atoms with Gasteiger partial charge < -0.3 is 5.32 Å². The smallest absolute Gasteiger partial charge is 0.248 e. The molecule has 0 bridgehead atoms. The molecule has 11 heteroatoms. The third kappa shape index (κ3) is 4.83. The van der Waals surface area contributed by atoms with E-state index in [9.17, 15) is 19.6 Å². The minimum atomic E-state index is -0.685. The number of fused-ring (bicyclic) bond motifs is 1. The molecule has 2 aliphatic rings. The summed E-state index contributed by atoms with van der Waals surface area (Å²) in [4.78, 5) is 37.2. The molecule has 4 rings (SSSR count). The van der Waals surface area contributed by atoms with Crippen LogP contribution >= 0.6 is 0 Å². The number of H-pyrrole nitrogens is 1. The number of amides is 3. The highest BCUT2D eigenvalue weighted by Crippen LogP contribution is 2.31. The van der Waals surface area contributed by atoms with Crippen molar-refractivity contribution in [3.05, 3.63) is 18.2 Å². The molecule has 1 saturated heterocycles. The standard InChI is InChI=1S/C20H27N7O4/c28-12-26(31)11-14(9-13-3-1-2-4-13)20(30)27-18(7-8-21-27)19(29)22-15-5-6-16-17(10-15)24-25-23-16/h5-6,10,12-14,18,21,31H,1-4,7-9,11H2,(H,22,29)(H,23,24,25)/t14-,18+/m1/s1. The zero-order valence-electron chi connectivity index (χ0n) is 17.2. The fraction of sp³-hybridized carbons (Fsp3) is 0.550. The number of hydrazine groups is 1. The van der Waals surface area contributed by atoms with Crippen molar-refractivity contribution in [1.82, 2.24) is 30.9 Å². The van der Waals surface area contributed by atoms with E-state index >= 15 is 0 Å². The van der Waals surface area contributed by atoms with Gasteiger partial charge in [-0.05, 0) is 37.0 Å². The molecule has 2 atom stereocenters. The van der Waals surface area contributed by atoms with Crippen molar-refractivity contribution in [2.75, 3.05) is 18.4 Å². The second-order valence-corrected chi connectivity index (χ2v) is 8.26. The summed E-state index contributed by atoms with van der Waals surface area (Å²) in [6.45, 7) is 0.396. The van der Waals surface area contributed by atoms with Crippen LogP contribution in [0, 0.1) is 11.8 Å². The van der Waals surface area contributed by atoms with Gasteiger partial charge in [0.15, 0.2) is 0 Å². The number of aromatic amines is 1. The number of carbonyl (C=O) groups excluding carboxylic acids is 3. The van der Waals surface area contributed by atoms with Gasteiger partial charge in [-0.3, -0.25) is 29.7 Å². The molecule has 3 amide bonds. The molecule has 1 aromatic carbocycles. The number of hydrogen-bond acceptors (Lipinski definition) is 7. The third-order valence-corrected chi connectivity index (χ3v) is 6.12. The maximum atomic E-state index is 13.3. The lowest BCUT2D eigenvalue weighted by Crippen LogP contribution is -2.51. The molecule has 1 aliphatic heterocycles. The number of hydroxylamine groups is 2. The molecule has 2 aromatic rings. The molecule has 1 aliphatic carbocycles. The van der Waals surface area contributed by atoms with Crippen molar-refractivity contribution in [3.8, 4) is 0 Å². The average Bonchev–Trinajstić information content (AvgIpc) is 3.53. The second kappa shape index (κ2) is 9.40. The first-order valence-corrected chi connectivity index (χ1v) is 10.6. The zero-order chi connectivity index (χ0) is 21.8. The summed E-state index contributed by atoms with van der Waals surface area (Å²) >= 11 is 0. The van der Waals surface area contributed by atoms with Crippen LogP contribution < -0.4 is 10.7 Å². The SMILES string of the molecule is O=CN(O)C[C@@H](CC1CCCC1)C(=O)N1NCC[C@H]1C(=O)Nc1ccc2[nH]nnc2c1. The summed E-state index contributed by atoms with van der Waals surface area (Å²) in [5.74, 6) is -0.779. The van der Waals surface area contributed by atoms with Gasteiger partial charge in [-0.25, -0.2) is 10.5 Å². The van der Waals surface area contributed by atoms with Crippen LogP contribution in [0.5, 0.6) is 0 Å². The minimum absolute atomic E-state index is 0.0891. The lowest BCUT2D eigenvalue weighted by molar-refractivity contribution is -0.159. The van der Waals surface area contributed by atoms with Crippen molar-refractivity contribution in [1.29, 1.82) is 0 Å².